The predicted molar refractivity (Wildman–Crippen MR) is 113 cm³/mol. The number of ketones is 1. The van der Waals surface area contributed by atoms with Crippen LogP contribution in [0.3, 0.4) is 0 Å². The number of hydrogen-bond acceptors (Lipinski definition) is 3. The number of carbonyl (C=O) groups excluding carboxylic acids is 1. The summed E-state index contributed by atoms with van der Waals surface area (Å²) in [6.45, 7) is 2.12. The Bertz CT molecular complexity index is 794. The van der Waals surface area contributed by atoms with Gasteiger partial charge in [0.25, 0.3) is 0 Å². The number of rotatable bonds is 6. The third kappa shape index (κ3) is 4.65. The molecule has 3 nitrogen and oxygen atoms in total. The Kier molecular flexibility index (Phi) is 6.46. The molecule has 4 rings (SSSR count). The van der Waals surface area contributed by atoms with Crippen LogP contribution < -0.4 is 0 Å². The van der Waals surface area contributed by atoms with Gasteiger partial charge in [-0.3, -0.25) is 9.69 Å². The summed E-state index contributed by atoms with van der Waals surface area (Å²) in [6.07, 6.45) is 5.53. The predicted octanol–water partition coefficient (Wildman–Crippen LogP) is 5.07. The van der Waals surface area contributed by atoms with Crippen LogP contribution in [0.4, 0.5) is 0 Å². The molecule has 1 heterocycles. The van der Waals surface area contributed by atoms with Crippen molar-refractivity contribution in [2.75, 3.05) is 19.7 Å². The summed E-state index contributed by atoms with van der Waals surface area (Å²) in [5, 5.41) is 0.754. The van der Waals surface area contributed by atoms with E-state index in [-0.39, 0.29) is 12.0 Å². The fourth-order valence-corrected chi connectivity index (χ4v) is 4.84. The second-order valence-corrected chi connectivity index (χ2v) is 8.44. The average molecular weight is 398 g/mol. The standard InChI is InChI=1S/C24H28ClNO2/c25-20-10-6-9-19(15-20)22(18-7-2-1-3-8-18)17-28-24-12-5-4-11-23(24)26-14-13-21(27)16-26/h1-3,6-10,15,22-24H,4-5,11-14,16-17H2/t22?,23?,24-/m0/s1. The average Bonchev–Trinajstić information content (AvgIpc) is 3.15. The molecule has 2 aromatic carbocycles. The van der Waals surface area contributed by atoms with E-state index in [0.29, 0.717) is 31.4 Å². The second kappa shape index (κ2) is 9.21. The van der Waals surface area contributed by atoms with Crippen molar-refractivity contribution < 1.29 is 9.53 Å². The van der Waals surface area contributed by atoms with E-state index in [1.54, 1.807) is 0 Å². The Hall–Kier alpha value is -1.68. The first kappa shape index (κ1) is 19.6. The molecule has 3 atom stereocenters. The van der Waals surface area contributed by atoms with Crippen molar-refractivity contribution in [2.24, 2.45) is 0 Å². The maximum atomic E-state index is 11.8. The summed E-state index contributed by atoms with van der Waals surface area (Å²) in [5.41, 5.74) is 2.43. The molecule has 1 aliphatic heterocycles. The van der Waals surface area contributed by atoms with E-state index in [0.717, 1.165) is 24.4 Å². The Morgan fingerprint density at radius 1 is 1.04 bits per heavy atom. The highest BCUT2D eigenvalue weighted by atomic mass is 35.5. The van der Waals surface area contributed by atoms with Gasteiger partial charge in [0.1, 0.15) is 5.78 Å². The highest BCUT2D eigenvalue weighted by molar-refractivity contribution is 6.30. The van der Waals surface area contributed by atoms with E-state index in [4.69, 9.17) is 16.3 Å². The molecule has 2 aromatic rings. The lowest BCUT2D eigenvalue weighted by atomic mass is 9.90. The molecule has 4 heteroatoms. The second-order valence-electron chi connectivity index (χ2n) is 8.00. The van der Waals surface area contributed by atoms with Crippen LogP contribution in [-0.2, 0) is 9.53 Å². The van der Waals surface area contributed by atoms with E-state index in [1.807, 2.05) is 24.3 Å². The maximum absolute atomic E-state index is 11.8. The van der Waals surface area contributed by atoms with Crippen LogP contribution in [0.25, 0.3) is 0 Å². The van der Waals surface area contributed by atoms with Crippen molar-refractivity contribution in [1.82, 2.24) is 4.90 Å². The molecule has 1 saturated carbocycles. The number of carbonyl (C=O) groups is 1. The van der Waals surface area contributed by atoms with Gasteiger partial charge in [0.05, 0.1) is 19.3 Å². The molecule has 0 spiro atoms. The fraction of sp³-hybridized carbons (Fsp3) is 0.458. The minimum Gasteiger partial charge on any atom is -0.376 e. The molecule has 2 unspecified atom stereocenters. The van der Waals surface area contributed by atoms with Gasteiger partial charge in [0.15, 0.2) is 0 Å². The fourth-order valence-electron chi connectivity index (χ4n) is 4.64. The van der Waals surface area contributed by atoms with Gasteiger partial charge in [-0.2, -0.15) is 0 Å². The molecule has 0 radical (unpaired) electrons. The zero-order chi connectivity index (χ0) is 19.3. The zero-order valence-electron chi connectivity index (χ0n) is 16.2. The Labute approximate surface area is 172 Å². The lowest BCUT2D eigenvalue weighted by molar-refractivity contribution is -0.117. The first-order valence-electron chi connectivity index (χ1n) is 10.4. The molecule has 0 N–H and O–H groups in total. The van der Waals surface area contributed by atoms with Gasteiger partial charge in [-0.1, -0.05) is 66.9 Å². The monoisotopic (exact) mass is 397 g/mol. The third-order valence-corrected chi connectivity index (χ3v) is 6.36. The van der Waals surface area contributed by atoms with Crippen molar-refractivity contribution in [2.45, 2.75) is 50.2 Å². The smallest absolute Gasteiger partial charge is 0.148 e. The first-order valence-corrected chi connectivity index (χ1v) is 10.8. The molecule has 28 heavy (non-hydrogen) atoms. The maximum Gasteiger partial charge on any atom is 0.148 e. The minimum absolute atomic E-state index is 0.155. The van der Waals surface area contributed by atoms with Gasteiger partial charge >= 0.3 is 0 Å². The van der Waals surface area contributed by atoms with Crippen molar-refractivity contribution in [3.05, 3.63) is 70.7 Å². The van der Waals surface area contributed by atoms with Gasteiger partial charge in [0, 0.05) is 29.9 Å². The molecule has 1 saturated heterocycles. The minimum atomic E-state index is 0.155. The Morgan fingerprint density at radius 2 is 1.82 bits per heavy atom. The van der Waals surface area contributed by atoms with E-state index >= 15 is 0 Å². The summed E-state index contributed by atoms with van der Waals surface area (Å²) >= 11 is 6.27. The van der Waals surface area contributed by atoms with Crippen LogP contribution in [0, 0.1) is 0 Å². The van der Waals surface area contributed by atoms with Crippen LogP contribution >= 0.6 is 11.6 Å². The zero-order valence-corrected chi connectivity index (χ0v) is 17.0. The van der Waals surface area contributed by atoms with Gasteiger partial charge in [0.2, 0.25) is 0 Å². The number of nitrogens with zero attached hydrogens (tertiary/aromatic N) is 1. The molecule has 0 aromatic heterocycles. The molecule has 0 amide bonds. The van der Waals surface area contributed by atoms with E-state index < -0.39 is 0 Å². The molecule has 148 valence electrons. The van der Waals surface area contributed by atoms with Crippen LogP contribution in [0.5, 0.6) is 0 Å². The molecule has 2 aliphatic rings. The van der Waals surface area contributed by atoms with Crippen molar-refractivity contribution in [3.63, 3.8) is 0 Å². The van der Waals surface area contributed by atoms with Gasteiger partial charge in [-0.15, -0.1) is 0 Å². The van der Waals surface area contributed by atoms with Crippen LogP contribution in [0.1, 0.15) is 49.1 Å². The molecular formula is C24H28ClNO2. The van der Waals surface area contributed by atoms with E-state index in [9.17, 15) is 4.79 Å². The van der Waals surface area contributed by atoms with Gasteiger partial charge in [-0.25, -0.2) is 0 Å². The number of halogens is 1. The summed E-state index contributed by atoms with van der Waals surface area (Å²) < 4.78 is 6.56. The van der Waals surface area contributed by atoms with Gasteiger partial charge in [-0.05, 0) is 36.1 Å². The Morgan fingerprint density at radius 3 is 2.57 bits per heavy atom. The quantitative estimate of drug-likeness (QED) is 0.681. The van der Waals surface area contributed by atoms with E-state index in [1.165, 1.54) is 24.0 Å². The lowest BCUT2D eigenvalue weighted by Crippen LogP contribution is -2.46. The number of Topliss-reactive ketones (excluding diaryl/α,β-unsaturated/α-hetero) is 1. The number of ether oxygens (including phenoxy) is 1. The first-order chi connectivity index (χ1) is 13.7. The van der Waals surface area contributed by atoms with Crippen molar-refractivity contribution >= 4 is 17.4 Å². The van der Waals surface area contributed by atoms with Crippen molar-refractivity contribution in [1.29, 1.82) is 0 Å². The summed E-state index contributed by atoms with van der Waals surface area (Å²) in [4.78, 5) is 14.1. The van der Waals surface area contributed by atoms with Crippen molar-refractivity contribution in [3.8, 4) is 0 Å². The van der Waals surface area contributed by atoms with Crippen LogP contribution in [-0.4, -0.2) is 42.5 Å². The SMILES string of the molecule is O=C1CCN(C2CCCC[C@@H]2OCC(c2ccccc2)c2cccc(Cl)c2)C1. The van der Waals surface area contributed by atoms with E-state index in [2.05, 4.69) is 35.2 Å². The molecule has 1 aliphatic carbocycles. The number of hydrogen-bond donors (Lipinski definition) is 0. The molecule has 2 fully saturated rings. The third-order valence-electron chi connectivity index (χ3n) is 6.12. The Balaban J connectivity index is 1.51. The van der Waals surface area contributed by atoms with Crippen LogP contribution in [0.15, 0.2) is 54.6 Å². The van der Waals surface area contributed by atoms with Gasteiger partial charge < -0.3 is 4.74 Å². The highest BCUT2D eigenvalue weighted by Gasteiger charge is 2.35. The summed E-state index contributed by atoms with van der Waals surface area (Å²) in [5.74, 6) is 0.521. The largest absolute Gasteiger partial charge is 0.376 e. The van der Waals surface area contributed by atoms with Crippen LogP contribution in [0.2, 0.25) is 5.02 Å². The topological polar surface area (TPSA) is 29.5 Å². The highest BCUT2D eigenvalue weighted by Crippen LogP contribution is 2.31. The summed E-state index contributed by atoms with van der Waals surface area (Å²) in [6, 6.07) is 19.0. The molecular weight excluding hydrogens is 370 g/mol. The lowest BCUT2D eigenvalue weighted by Gasteiger charge is -2.38. The normalized spacial score (nSPS) is 24.4. The summed E-state index contributed by atoms with van der Waals surface area (Å²) in [7, 11) is 0. The number of likely N-dealkylation sites (tertiary alicyclic amines) is 1. The molecule has 0 bridgehead atoms. The number of benzene rings is 2.